The Balaban J connectivity index is 2.19. The number of carbonyl (C=O) groups is 1. The van der Waals surface area contributed by atoms with E-state index >= 15 is 0 Å². The fourth-order valence-electron chi connectivity index (χ4n) is 3.33. The molecule has 0 spiro atoms. The van der Waals surface area contributed by atoms with Gasteiger partial charge < -0.3 is 9.47 Å². The van der Waals surface area contributed by atoms with Crippen molar-refractivity contribution in [3.05, 3.63) is 65.7 Å². The largest absolute Gasteiger partial charge is 0.497 e. The second-order valence-electron chi connectivity index (χ2n) is 6.14. The molecule has 0 aliphatic rings. The number of imidazole rings is 1. The van der Waals surface area contributed by atoms with Gasteiger partial charge in [-0.05, 0) is 37.3 Å². The molecule has 0 aliphatic carbocycles. The number of ether oxygens (including phenoxy) is 2. The number of aromatic nitrogens is 2. The van der Waals surface area contributed by atoms with E-state index in [4.69, 9.17) is 9.47 Å². The fraction of sp³-hybridized carbons (Fsp3) is 0.136. The highest BCUT2D eigenvalue weighted by molar-refractivity contribution is 6.00. The summed E-state index contributed by atoms with van der Waals surface area (Å²) in [6.07, 6.45) is 0. The molecule has 0 atom stereocenters. The van der Waals surface area contributed by atoms with Crippen LogP contribution in [-0.2, 0) is 4.74 Å². The molecule has 2 heterocycles. The highest BCUT2D eigenvalue weighted by atomic mass is 16.5. The van der Waals surface area contributed by atoms with Crippen molar-refractivity contribution in [3.63, 3.8) is 0 Å². The molecule has 0 aliphatic heterocycles. The zero-order valence-electron chi connectivity index (χ0n) is 15.5. The number of esters is 1. The van der Waals surface area contributed by atoms with Crippen LogP contribution in [0.25, 0.3) is 27.9 Å². The molecule has 4 aromatic rings. The molecule has 0 saturated heterocycles. The van der Waals surface area contributed by atoms with Crippen molar-refractivity contribution in [1.82, 2.24) is 9.38 Å². The van der Waals surface area contributed by atoms with Gasteiger partial charge in [0.1, 0.15) is 11.8 Å². The van der Waals surface area contributed by atoms with Crippen LogP contribution in [0, 0.1) is 11.3 Å². The molecule has 6 heteroatoms. The number of fused-ring (bicyclic) bond motifs is 3. The van der Waals surface area contributed by atoms with E-state index in [2.05, 4.69) is 11.1 Å². The van der Waals surface area contributed by atoms with Crippen LogP contribution in [0.4, 0.5) is 0 Å². The quantitative estimate of drug-likeness (QED) is 0.502. The number of nitriles is 1. The van der Waals surface area contributed by atoms with Gasteiger partial charge >= 0.3 is 5.97 Å². The molecule has 4 rings (SSSR count). The lowest BCUT2D eigenvalue weighted by Crippen LogP contribution is -2.11. The normalized spacial score (nSPS) is 10.8. The monoisotopic (exact) mass is 371 g/mol. The lowest BCUT2D eigenvalue weighted by Gasteiger charge is -2.14. The van der Waals surface area contributed by atoms with Gasteiger partial charge in [0.2, 0.25) is 0 Å². The van der Waals surface area contributed by atoms with E-state index in [1.165, 1.54) is 0 Å². The van der Waals surface area contributed by atoms with E-state index in [-0.39, 0.29) is 6.61 Å². The van der Waals surface area contributed by atoms with E-state index in [0.717, 1.165) is 16.6 Å². The number of carbonyl (C=O) groups excluding carboxylic acids is 1. The summed E-state index contributed by atoms with van der Waals surface area (Å²) >= 11 is 0. The first-order valence-corrected chi connectivity index (χ1v) is 8.83. The van der Waals surface area contributed by atoms with Gasteiger partial charge in [-0.25, -0.2) is 9.78 Å². The second kappa shape index (κ2) is 7.05. The third-order valence-corrected chi connectivity index (χ3v) is 4.53. The van der Waals surface area contributed by atoms with Gasteiger partial charge in [0.15, 0.2) is 5.65 Å². The molecule has 0 amide bonds. The summed E-state index contributed by atoms with van der Waals surface area (Å²) in [6.45, 7) is 1.99. The van der Waals surface area contributed by atoms with Gasteiger partial charge in [0.25, 0.3) is 0 Å². The zero-order chi connectivity index (χ0) is 19.7. The first-order chi connectivity index (χ1) is 13.7. The Kier molecular flexibility index (Phi) is 4.42. The number of nitrogens with zero attached hydrogens (tertiary/aromatic N) is 3. The smallest absolute Gasteiger partial charge is 0.340 e. The van der Waals surface area contributed by atoms with Crippen molar-refractivity contribution in [1.29, 1.82) is 5.26 Å². The highest BCUT2D eigenvalue weighted by Crippen LogP contribution is 2.33. The molecule has 0 radical (unpaired) electrons. The van der Waals surface area contributed by atoms with E-state index in [1.807, 2.05) is 52.9 Å². The topological polar surface area (TPSA) is 76.6 Å². The standard InChI is InChI=1S/C22H17N3O3/c1-3-28-22(26)17-12-15(13-23)21-24-18-9-4-5-10-19(18)25(21)20(17)14-7-6-8-16(11-14)27-2/h4-12H,3H2,1-2H3. The van der Waals surface area contributed by atoms with Gasteiger partial charge in [0.05, 0.1) is 41.6 Å². The molecule has 0 fully saturated rings. The van der Waals surface area contributed by atoms with Crippen LogP contribution < -0.4 is 4.74 Å². The van der Waals surface area contributed by atoms with Crippen molar-refractivity contribution >= 4 is 22.6 Å². The average Bonchev–Trinajstić information content (AvgIpc) is 3.12. The second-order valence-corrected chi connectivity index (χ2v) is 6.14. The van der Waals surface area contributed by atoms with Gasteiger partial charge in [-0.3, -0.25) is 4.40 Å². The van der Waals surface area contributed by atoms with Crippen LogP contribution in [-0.4, -0.2) is 29.1 Å². The summed E-state index contributed by atoms with van der Waals surface area (Å²) < 4.78 is 12.5. The van der Waals surface area contributed by atoms with Crippen LogP contribution in [0.15, 0.2) is 54.6 Å². The van der Waals surface area contributed by atoms with Gasteiger partial charge in [-0.15, -0.1) is 0 Å². The van der Waals surface area contributed by atoms with Crippen LogP contribution in [0.3, 0.4) is 0 Å². The minimum atomic E-state index is -0.489. The number of rotatable bonds is 4. The molecule has 0 N–H and O–H groups in total. The summed E-state index contributed by atoms with van der Waals surface area (Å²) in [4.78, 5) is 17.4. The number of benzene rings is 2. The maximum absolute atomic E-state index is 12.8. The van der Waals surface area contributed by atoms with Crippen molar-refractivity contribution in [3.8, 4) is 23.1 Å². The SMILES string of the molecule is CCOC(=O)c1cc(C#N)c2nc3ccccc3n2c1-c1cccc(OC)c1. The molecule has 6 nitrogen and oxygen atoms in total. The van der Waals surface area contributed by atoms with E-state index in [0.29, 0.717) is 28.2 Å². The Hall–Kier alpha value is -3.85. The van der Waals surface area contributed by atoms with Crippen molar-refractivity contribution in [2.75, 3.05) is 13.7 Å². The number of hydrogen-bond acceptors (Lipinski definition) is 5. The zero-order valence-corrected chi connectivity index (χ0v) is 15.5. The maximum Gasteiger partial charge on any atom is 0.340 e. The Morgan fingerprint density at radius 1 is 1.18 bits per heavy atom. The van der Waals surface area contributed by atoms with Gasteiger partial charge in [-0.2, -0.15) is 5.26 Å². The number of pyridine rings is 1. The fourth-order valence-corrected chi connectivity index (χ4v) is 3.33. The van der Waals surface area contributed by atoms with Gasteiger partial charge in [-0.1, -0.05) is 24.3 Å². The van der Waals surface area contributed by atoms with Crippen molar-refractivity contribution in [2.24, 2.45) is 0 Å². The molecule has 2 aromatic heterocycles. The lowest BCUT2D eigenvalue weighted by atomic mass is 10.0. The molecule has 0 saturated carbocycles. The first-order valence-electron chi connectivity index (χ1n) is 8.83. The van der Waals surface area contributed by atoms with E-state index < -0.39 is 5.97 Å². The highest BCUT2D eigenvalue weighted by Gasteiger charge is 2.23. The summed E-state index contributed by atoms with van der Waals surface area (Å²) in [5, 5.41) is 9.67. The third kappa shape index (κ3) is 2.74. The molecule has 138 valence electrons. The average molecular weight is 371 g/mol. The Bertz CT molecular complexity index is 1250. The van der Waals surface area contributed by atoms with E-state index in [9.17, 15) is 10.1 Å². The van der Waals surface area contributed by atoms with Crippen LogP contribution in [0.1, 0.15) is 22.8 Å². The van der Waals surface area contributed by atoms with Crippen LogP contribution >= 0.6 is 0 Å². The Labute approximate surface area is 161 Å². The number of methoxy groups -OCH3 is 1. The molecular formula is C22H17N3O3. The molecule has 28 heavy (non-hydrogen) atoms. The van der Waals surface area contributed by atoms with Crippen LogP contribution in [0.5, 0.6) is 5.75 Å². The van der Waals surface area contributed by atoms with E-state index in [1.54, 1.807) is 20.1 Å². The number of hydrogen-bond donors (Lipinski definition) is 0. The molecule has 2 aromatic carbocycles. The maximum atomic E-state index is 12.8. The summed E-state index contributed by atoms with van der Waals surface area (Å²) in [5.74, 6) is 0.172. The third-order valence-electron chi connectivity index (χ3n) is 4.53. The molecular weight excluding hydrogens is 354 g/mol. The van der Waals surface area contributed by atoms with Gasteiger partial charge in [0, 0.05) is 5.56 Å². The Morgan fingerprint density at radius 2 is 2.00 bits per heavy atom. The van der Waals surface area contributed by atoms with Crippen molar-refractivity contribution in [2.45, 2.75) is 6.92 Å². The predicted octanol–water partition coefficient (Wildman–Crippen LogP) is 4.21. The summed E-state index contributed by atoms with van der Waals surface area (Å²) in [5.41, 5.74) is 4.03. The number of para-hydroxylation sites is 2. The summed E-state index contributed by atoms with van der Waals surface area (Å²) in [7, 11) is 1.59. The molecule has 0 unspecified atom stereocenters. The van der Waals surface area contributed by atoms with Crippen LogP contribution in [0.2, 0.25) is 0 Å². The first kappa shape index (κ1) is 17.6. The lowest BCUT2D eigenvalue weighted by molar-refractivity contribution is 0.0527. The minimum Gasteiger partial charge on any atom is -0.497 e. The minimum absolute atomic E-state index is 0.237. The van der Waals surface area contributed by atoms with Crippen molar-refractivity contribution < 1.29 is 14.3 Å². The summed E-state index contributed by atoms with van der Waals surface area (Å²) in [6, 6.07) is 18.7. The Morgan fingerprint density at radius 3 is 2.75 bits per heavy atom. The molecule has 0 bridgehead atoms. The predicted molar refractivity (Wildman–Crippen MR) is 105 cm³/mol.